The molecule has 2 N–H and O–H groups in total. The van der Waals surface area contributed by atoms with Crippen LogP contribution in [0.5, 0.6) is 0 Å². The molecule has 0 heterocycles. The standard InChI is InChI=1S/C11H20N2O4S/c1-7(2)9(11(16)17)13-10(15)8(12-6-14)4-5-18-3/h6-9H,4-5H2,1-3H3,(H,12,14)(H,13,15)(H,16,17)/p-1/t8-,9-/m1/s1. The summed E-state index contributed by atoms with van der Waals surface area (Å²) in [6.07, 6.45) is 2.77. The van der Waals surface area contributed by atoms with E-state index < -0.39 is 24.0 Å². The van der Waals surface area contributed by atoms with Crippen LogP contribution in [0.15, 0.2) is 0 Å². The Morgan fingerprint density at radius 2 is 2.00 bits per heavy atom. The second kappa shape index (κ2) is 8.79. The molecule has 18 heavy (non-hydrogen) atoms. The highest BCUT2D eigenvalue weighted by Gasteiger charge is 2.23. The van der Waals surface area contributed by atoms with Gasteiger partial charge in [-0.15, -0.1) is 0 Å². The van der Waals surface area contributed by atoms with E-state index in [4.69, 9.17) is 0 Å². The van der Waals surface area contributed by atoms with E-state index in [1.54, 1.807) is 25.6 Å². The van der Waals surface area contributed by atoms with Crippen molar-refractivity contribution in [3.8, 4) is 0 Å². The Labute approximate surface area is 111 Å². The SMILES string of the molecule is CSCC[C@@H](NC=O)C(=O)N[C@@H](C(=O)[O-])C(C)C. The highest BCUT2D eigenvalue weighted by molar-refractivity contribution is 7.98. The average Bonchev–Trinajstić information content (AvgIpc) is 2.30. The van der Waals surface area contributed by atoms with Crippen LogP contribution in [0.3, 0.4) is 0 Å². The molecule has 0 unspecified atom stereocenters. The van der Waals surface area contributed by atoms with Crippen molar-refractivity contribution in [3.05, 3.63) is 0 Å². The quantitative estimate of drug-likeness (QED) is 0.512. The van der Waals surface area contributed by atoms with Gasteiger partial charge in [0.2, 0.25) is 12.3 Å². The molecular weight excluding hydrogens is 256 g/mol. The van der Waals surface area contributed by atoms with Gasteiger partial charge in [0.15, 0.2) is 0 Å². The van der Waals surface area contributed by atoms with Crippen LogP contribution in [0.4, 0.5) is 0 Å². The fourth-order valence-electron chi connectivity index (χ4n) is 1.36. The number of carboxylic acid groups (broad SMARTS) is 1. The summed E-state index contributed by atoms with van der Waals surface area (Å²) in [6, 6.07) is -1.77. The van der Waals surface area contributed by atoms with Crippen molar-refractivity contribution < 1.29 is 19.5 Å². The molecule has 0 radical (unpaired) electrons. The van der Waals surface area contributed by atoms with E-state index in [0.29, 0.717) is 18.6 Å². The van der Waals surface area contributed by atoms with Gasteiger partial charge in [0, 0.05) is 0 Å². The summed E-state index contributed by atoms with van der Waals surface area (Å²) in [5.41, 5.74) is 0. The highest BCUT2D eigenvalue weighted by atomic mass is 32.2. The van der Waals surface area contributed by atoms with Crippen LogP contribution < -0.4 is 15.7 Å². The third-order valence-corrected chi connectivity index (χ3v) is 3.06. The van der Waals surface area contributed by atoms with Gasteiger partial charge in [0.25, 0.3) is 0 Å². The van der Waals surface area contributed by atoms with Gasteiger partial charge in [-0.05, 0) is 24.3 Å². The predicted octanol–water partition coefficient (Wildman–Crippen LogP) is -1.26. The van der Waals surface area contributed by atoms with Crippen molar-refractivity contribution >= 4 is 30.0 Å². The summed E-state index contributed by atoms with van der Waals surface area (Å²) in [5.74, 6) is -1.42. The van der Waals surface area contributed by atoms with E-state index in [0.717, 1.165) is 0 Å². The van der Waals surface area contributed by atoms with Gasteiger partial charge < -0.3 is 20.5 Å². The molecule has 0 saturated carbocycles. The first-order valence-corrected chi connectivity index (χ1v) is 7.03. The maximum Gasteiger partial charge on any atom is 0.243 e. The molecule has 0 saturated heterocycles. The number of hydrogen-bond donors (Lipinski definition) is 2. The zero-order valence-electron chi connectivity index (χ0n) is 10.8. The van der Waals surface area contributed by atoms with Gasteiger partial charge in [0.05, 0.1) is 12.0 Å². The van der Waals surface area contributed by atoms with Crippen LogP contribution >= 0.6 is 11.8 Å². The van der Waals surface area contributed by atoms with Crippen molar-refractivity contribution in [2.75, 3.05) is 12.0 Å². The monoisotopic (exact) mass is 275 g/mol. The topological polar surface area (TPSA) is 98.3 Å². The van der Waals surface area contributed by atoms with Gasteiger partial charge in [-0.1, -0.05) is 13.8 Å². The van der Waals surface area contributed by atoms with Gasteiger partial charge in [-0.3, -0.25) is 9.59 Å². The van der Waals surface area contributed by atoms with Gasteiger partial charge >= 0.3 is 0 Å². The number of aliphatic carboxylic acids is 1. The minimum Gasteiger partial charge on any atom is -0.548 e. The summed E-state index contributed by atoms with van der Waals surface area (Å²) in [5, 5.41) is 15.6. The summed E-state index contributed by atoms with van der Waals surface area (Å²) in [7, 11) is 0. The number of nitrogens with one attached hydrogen (secondary N) is 2. The van der Waals surface area contributed by atoms with Gasteiger partial charge in [-0.25, -0.2) is 0 Å². The number of carbonyl (C=O) groups excluding carboxylic acids is 3. The number of carboxylic acids is 1. The van der Waals surface area contributed by atoms with Crippen molar-refractivity contribution in [1.29, 1.82) is 0 Å². The lowest BCUT2D eigenvalue weighted by atomic mass is 10.0. The molecule has 0 spiro atoms. The van der Waals surface area contributed by atoms with Crippen molar-refractivity contribution in [2.45, 2.75) is 32.4 Å². The zero-order valence-corrected chi connectivity index (χ0v) is 11.6. The maximum absolute atomic E-state index is 11.8. The summed E-state index contributed by atoms with van der Waals surface area (Å²) in [4.78, 5) is 33.1. The molecule has 0 rings (SSSR count). The Bertz CT molecular complexity index is 297. The first kappa shape index (κ1) is 16.8. The van der Waals surface area contributed by atoms with Crippen LogP contribution in [0.2, 0.25) is 0 Å². The van der Waals surface area contributed by atoms with E-state index in [1.807, 2.05) is 6.26 Å². The fraction of sp³-hybridized carbons (Fsp3) is 0.727. The van der Waals surface area contributed by atoms with Crippen molar-refractivity contribution in [2.24, 2.45) is 5.92 Å². The summed E-state index contributed by atoms with van der Waals surface area (Å²) < 4.78 is 0. The first-order valence-electron chi connectivity index (χ1n) is 5.63. The molecule has 2 amide bonds. The Balaban J connectivity index is 4.55. The third kappa shape index (κ3) is 5.90. The van der Waals surface area contributed by atoms with Gasteiger partial charge in [0.1, 0.15) is 6.04 Å². The third-order valence-electron chi connectivity index (χ3n) is 2.41. The number of amides is 2. The smallest absolute Gasteiger partial charge is 0.243 e. The maximum atomic E-state index is 11.8. The van der Waals surface area contributed by atoms with Crippen LogP contribution in [0.25, 0.3) is 0 Å². The molecule has 0 aliphatic carbocycles. The van der Waals surface area contributed by atoms with Crippen LogP contribution in [0, 0.1) is 5.92 Å². The van der Waals surface area contributed by atoms with E-state index >= 15 is 0 Å². The Morgan fingerprint density at radius 3 is 2.39 bits per heavy atom. The van der Waals surface area contributed by atoms with Crippen LogP contribution in [-0.4, -0.2) is 42.4 Å². The minimum atomic E-state index is -1.33. The normalized spacial score (nSPS) is 13.8. The highest BCUT2D eigenvalue weighted by Crippen LogP contribution is 2.04. The summed E-state index contributed by atoms with van der Waals surface area (Å²) >= 11 is 1.54. The van der Waals surface area contributed by atoms with Crippen LogP contribution in [0.1, 0.15) is 20.3 Å². The molecule has 6 nitrogen and oxygen atoms in total. The second-order valence-corrected chi connectivity index (χ2v) is 5.15. The van der Waals surface area contributed by atoms with Gasteiger partial charge in [-0.2, -0.15) is 11.8 Å². The molecule has 0 aromatic rings. The van der Waals surface area contributed by atoms with Crippen molar-refractivity contribution in [1.82, 2.24) is 10.6 Å². The Kier molecular flexibility index (Phi) is 8.19. The number of thioether (sulfide) groups is 1. The summed E-state index contributed by atoms with van der Waals surface area (Å²) in [6.45, 7) is 3.34. The molecular formula is C11H19N2O4S-. The lowest BCUT2D eigenvalue weighted by Crippen LogP contribution is -2.55. The number of hydrogen-bond acceptors (Lipinski definition) is 5. The van der Waals surface area contributed by atoms with E-state index in [1.165, 1.54) is 0 Å². The molecule has 7 heteroatoms. The number of carbonyl (C=O) groups is 3. The van der Waals surface area contributed by atoms with Crippen molar-refractivity contribution in [3.63, 3.8) is 0 Å². The van der Waals surface area contributed by atoms with E-state index in [2.05, 4.69) is 10.6 Å². The molecule has 0 aromatic heterocycles. The van der Waals surface area contributed by atoms with Crippen LogP contribution in [-0.2, 0) is 14.4 Å². The minimum absolute atomic E-state index is 0.281. The van der Waals surface area contributed by atoms with E-state index in [9.17, 15) is 19.5 Å². The molecule has 0 aromatic carbocycles. The van der Waals surface area contributed by atoms with E-state index in [-0.39, 0.29) is 5.92 Å². The molecule has 0 aliphatic rings. The Morgan fingerprint density at radius 1 is 1.39 bits per heavy atom. The molecule has 2 atom stereocenters. The Hall–Kier alpha value is -1.24. The average molecular weight is 275 g/mol. The first-order chi connectivity index (χ1) is 8.43. The molecule has 0 aliphatic heterocycles. The fourth-order valence-corrected chi connectivity index (χ4v) is 1.83. The zero-order chi connectivity index (χ0) is 14.1. The molecule has 0 fully saturated rings. The second-order valence-electron chi connectivity index (χ2n) is 4.17. The lowest BCUT2D eigenvalue weighted by molar-refractivity contribution is -0.309. The lowest BCUT2D eigenvalue weighted by Gasteiger charge is -2.25. The largest absolute Gasteiger partial charge is 0.548 e. The predicted molar refractivity (Wildman–Crippen MR) is 67.8 cm³/mol. The molecule has 104 valence electrons. The number of rotatable bonds is 9. The molecule has 0 bridgehead atoms.